The zero-order valence-corrected chi connectivity index (χ0v) is 16.8. The average Bonchev–Trinajstić information content (AvgIpc) is 2.97. The third-order valence-corrected chi connectivity index (χ3v) is 3.87. The molecule has 0 spiro atoms. The quantitative estimate of drug-likeness (QED) is 0.307. The Kier molecular flexibility index (Phi) is 6.59. The fourth-order valence-electron chi connectivity index (χ4n) is 2.66. The fraction of sp³-hybridized carbons (Fsp3) is 0.278. The van der Waals surface area contributed by atoms with Gasteiger partial charge in [-0.1, -0.05) is 31.5 Å². The molecule has 2 heterocycles. The van der Waals surface area contributed by atoms with Crippen LogP contribution < -0.4 is 16.3 Å². The Bertz CT molecular complexity index is 966. The van der Waals surface area contributed by atoms with E-state index in [1.165, 1.54) is 0 Å². The van der Waals surface area contributed by atoms with Crippen molar-refractivity contribution in [2.45, 2.75) is 20.8 Å². The SMILES string of the molecule is CC.COc1c(/C(N)=N/N(C)N)cccc1-c1nc(C)c2cnc(Cl)cn12. The molecule has 0 bridgehead atoms. The summed E-state index contributed by atoms with van der Waals surface area (Å²) in [5, 5.41) is 5.55. The van der Waals surface area contributed by atoms with Crippen LogP contribution in [0.5, 0.6) is 5.75 Å². The third kappa shape index (κ3) is 4.12. The maximum Gasteiger partial charge on any atom is 0.156 e. The first-order chi connectivity index (χ1) is 12.9. The van der Waals surface area contributed by atoms with Gasteiger partial charge in [0, 0.05) is 13.2 Å². The first-order valence-corrected chi connectivity index (χ1v) is 8.80. The Hall–Kier alpha value is -2.84. The molecule has 1 aromatic carbocycles. The summed E-state index contributed by atoms with van der Waals surface area (Å²) >= 11 is 6.05. The van der Waals surface area contributed by atoms with Crippen LogP contribution in [-0.2, 0) is 0 Å². The highest BCUT2D eigenvalue weighted by Gasteiger charge is 2.19. The van der Waals surface area contributed by atoms with Crippen LogP contribution in [0, 0.1) is 6.92 Å². The van der Waals surface area contributed by atoms with Crippen LogP contribution in [0.25, 0.3) is 16.9 Å². The molecule has 0 saturated heterocycles. The van der Waals surface area contributed by atoms with Crippen molar-refractivity contribution in [1.29, 1.82) is 0 Å². The highest BCUT2D eigenvalue weighted by atomic mass is 35.5. The Morgan fingerprint density at radius 1 is 1.33 bits per heavy atom. The number of benzene rings is 1. The molecule has 9 heteroatoms. The van der Waals surface area contributed by atoms with Gasteiger partial charge < -0.3 is 10.5 Å². The van der Waals surface area contributed by atoms with Gasteiger partial charge in [0.2, 0.25) is 0 Å². The van der Waals surface area contributed by atoms with E-state index in [9.17, 15) is 0 Å². The van der Waals surface area contributed by atoms with Crippen molar-refractivity contribution in [3.8, 4) is 17.1 Å². The van der Waals surface area contributed by atoms with Gasteiger partial charge >= 0.3 is 0 Å². The number of halogens is 1. The van der Waals surface area contributed by atoms with E-state index in [0.717, 1.165) is 21.9 Å². The number of fused-ring (bicyclic) bond motifs is 1. The molecule has 0 aliphatic carbocycles. The van der Waals surface area contributed by atoms with E-state index in [1.807, 2.05) is 43.4 Å². The summed E-state index contributed by atoms with van der Waals surface area (Å²) in [6.07, 6.45) is 3.40. The number of hydrazine groups is 1. The van der Waals surface area contributed by atoms with Gasteiger partial charge in [0.15, 0.2) is 5.84 Å². The zero-order valence-electron chi connectivity index (χ0n) is 16.1. The van der Waals surface area contributed by atoms with Crippen molar-refractivity contribution in [2.75, 3.05) is 14.2 Å². The molecule has 0 atom stereocenters. The predicted molar refractivity (Wildman–Crippen MR) is 109 cm³/mol. The van der Waals surface area contributed by atoms with Gasteiger partial charge in [0.25, 0.3) is 0 Å². The van der Waals surface area contributed by atoms with Gasteiger partial charge in [-0.15, -0.1) is 5.10 Å². The second-order valence-corrected chi connectivity index (χ2v) is 5.82. The molecule has 144 valence electrons. The highest BCUT2D eigenvalue weighted by molar-refractivity contribution is 6.29. The van der Waals surface area contributed by atoms with E-state index in [4.69, 9.17) is 27.9 Å². The minimum atomic E-state index is 0.237. The lowest BCUT2D eigenvalue weighted by Gasteiger charge is -2.14. The first-order valence-electron chi connectivity index (χ1n) is 8.42. The van der Waals surface area contributed by atoms with Crippen molar-refractivity contribution in [3.63, 3.8) is 0 Å². The molecule has 4 N–H and O–H groups in total. The van der Waals surface area contributed by atoms with Crippen LogP contribution in [-0.4, -0.2) is 39.5 Å². The monoisotopic (exact) mass is 389 g/mol. The molecule has 3 aromatic rings. The number of methoxy groups -OCH3 is 1. The number of hydrogen-bond acceptors (Lipinski definition) is 6. The number of para-hydroxylation sites is 1. The van der Waals surface area contributed by atoms with Gasteiger partial charge in [0.05, 0.1) is 35.6 Å². The third-order valence-electron chi connectivity index (χ3n) is 3.68. The van der Waals surface area contributed by atoms with Crippen molar-refractivity contribution in [1.82, 2.24) is 19.5 Å². The van der Waals surface area contributed by atoms with Crippen molar-refractivity contribution < 1.29 is 4.74 Å². The molecule has 0 radical (unpaired) electrons. The van der Waals surface area contributed by atoms with E-state index < -0.39 is 0 Å². The lowest BCUT2D eigenvalue weighted by atomic mass is 10.1. The van der Waals surface area contributed by atoms with E-state index in [-0.39, 0.29) is 5.84 Å². The predicted octanol–water partition coefficient (Wildman–Crippen LogP) is 2.82. The minimum Gasteiger partial charge on any atom is -0.495 e. The Labute approximate surface area is 163 Å². The normalized spacial score (nSPS) is 11.1. The van der Waals surface area contributed by atoms with Gasteiger partial charge in [-0.05, 0) is 19.1 Å². The van der Waals surface area contributed by atoms with E-state index in [1.54, 1.807) is 26.6 Å². The molecular formula is C18H24ClN7O. The zero-order chi connectivity index (χ0) is 20.1. The smallest absolute Gasteiger partial charge is 0.156 e. The topological polar surface area (TPSA) is 107 Å². The lowest BCUT2D eigenvalue weighted by Crippen LogP contribution is -2.26. The summed E-state index contributed by atoms with van der Waals surface area (Å²) in [5.74, 6) is 7.01. The first kappa shape index (κ1) is 20.5. The van der Waals surface area contributed by atoms with Gasteiger partial charge in [-0.25, -0.2) is 20.9 Å². The Balaban J connectivity index is 0.00000126. The summed E-state index contributed by atoms with van der Waals surface area (Å²) in [6, 6.07) is 5.55. The van der Waals surface area contributed by atoms with Crippen LogP contribution in [0.15, 0.2) is 35.7 Å². The molecule has 0 aliphatic rings. The number of aromatic nitrogens is 3. The maximum atomic E-state index is 6.05. The number of amidine groups is 1. The standard InChI is InChI=1S/C16H18ClN7O.C2H6/c1-9-12-7-20-13(17)8-24(12)16(21-9)11-6-4-5-10(14(11)25-3)15(18)22-23(2)19;1-2/h4-8H,19H2,1-3H3,(H2,18,22);1-2H3. The summed E-state index contributed by atoms with van der Waals surface area (Å²) in [6.45, 7) is 5.91. The van der Waals surface area contributed by atoms with Crippen molar-refractivity contribution >= 4 is 23.0 Å². The number of hydrogen-bond donors (Lipinski definition) is 2. The molecule has 8 nitrogen and oxygen atoms in total. The minimum absolute atomic E-state index is 0.237. The molecule has 0 aliphatic heterocycles. The summed E-state index contributed by atoms with van der Waals surface area (Å²) in [7, 11) is 3.16. The van der Waals surface area contributed by atoms with Gasteiger partial charge in [-0.3, -0.25) is 4.40 Å². The Morgan fingerprint density at radius 2 is 2.04 bits per heavy atom. The number of ether oxygens (including phenoxy) is 1. The van der Waals surface area contributed by atoms with Gasteiger partial charge in [0.1, 0.15) is 16.7 Å². The fourth-order valence-corrected chi connectivity index (χ4v) is 2.80. The highest BCUT2D eigenvalue weighted by Crippen LogP contribution is 2.33. The van der Waals surface area contributed by atoms with Crippen LogP contribution in [0.2, 0.25) is 5.15 Å². The molecule has 2 aromatic heterocycles. The summed E-state index contributed by atoms with van der Waals surface area (Å²) < 4.78 is 7.47. The molecule has 0 unspecified atom stereocenters. The number of nitrogens with zero attached hydrogens (tertiary/aromatic N) is 5. The lowest BCUT2D eigenvalue weighted by molar-refractivity contribution is 0.371. The van der Waals surface area contributed by atoms with Crippen LogP contribution in [0.1, 0.15) is 25.1 Å². The van der Waals surface area contributed by atoms with Gasteiger partial charge in [-0.2, -0.15) is 0 Å². The number of hydrazone groups is 1. The summed E-state index contributed by atoms with van der Waals surface area (Å²) in [5.41, 5.74) is 9.11. The molecular weight excluding hydrogens is 366 g/mol. The largest absolute Gasteiger partial charge is 0.495 e. The molecule has 0 fully saturated rings. The van der Waals surface area contributed by atoms with Crippen molar-refractivity contribution in [2.24, 2.45) is 16.7 Å². The van der Waals surface area contributed by atoms with E-state index in [2.05, 4.69) is 15.1 Å². The maximum absolute atomic E-state index is 6.05. The second kappa shape index (κ2) is 8.70. The van der Waals surface area contributed by atoms with Crippen molar-refractivity contribution in [3.05, 3.63) is 47.0 Å². The summed E-state index contributed by atoms with van der Waals surface area (Å²) in [4.78, 5) is 8.75. The Morgan fingerprint density at radius 3 is 2.67 bits per heavy atom. The number of aryl methyl sites for hydroxylation is 1. The van der Waals surface area contributed by atoms with E-state index >= 15 is 0 Å². The molecule has 27 heavy (non-hydrogen) atoms. The number of rotatable bonds is 4. The van der Waals surface area contributed by atoms with Crippen LogP contribution in [0.3, 0.4) is 0 Å². The van der Waals surface area contributed by atoms with Crippen LogP contribution >= 0.6 is 11.6 Å². The average molecular weight is 390 g/mol. The van der Waals surface area contributed by atoms with E-state index in [0.29, 0.717) is 22.3 Å². The molecule has 0 saturated carbocycles. The number of imidazole rings is 1. The second-order valence-electron chi connectivity index (χ2n) is 5.43. The molecule has 0 amide bonds. The number of nitrogens with two attached hydrogens (primary N) is 2. The molecule has 3 rings (SSSR count). The van der Waals surface area contributed by atoms with Crippen LogP contribution in [0.4, 0.5) is 0 Å².